The van der Waals surface area contributed by atoms with Crippen molar-refractivity contribution in [2.75, 3.05) is 6.54 Å². The molecular formula is C43H53N9O8. The van der Waals surface area contributed by atoms with Crippen molar-refractivity contribution in [1.29, 1.82) is 0 Å². The smallest absolute Gasteiger partial charge is 0.248 e. The lowest BCUT2D eigenvalue weighted by atomic mass is 10.0. The van der Waals surface area contributed by atoms with E-state index in [-0.39, 0.29) is 25.8 Å². The number of pyridine rings is 2. The average Bonchev–Trinajstić information content (AvgIpc) is 3.71. The van der Waals surface area contributed by atoms with Gasteiger partial charge in [-0.15, -0.1) is 0 Å². The third-order valence-corrected chi connectivity index (χ3v) is 10.4. The van der Waals surface area contributed by atoms with Crippen molar-refractivity contribution in [3.63, 3.8) is 0 Å². The number of nitrogens with one attached hydrogen (secondary N) is 5. The predicted molar refractivity (Wildman–Crippen MR) is 222 cm³/mol. The number of fused-ring (bicyclic) bond motifs is 3. The van der Waals surface area contributed by atoms with Gasteiger partial charge in [0.25, 0.3) is 0 Å². The molecule has 0 aliphatic carbocycles. The minimum atomic E-state index is -1.49. The number of primary amides is 1. The summed E-state index contributed by atoms with van der Waals surface area (Å²) in [4.78, 5) is 103. The first-order valence-corrected chi connectivity index (χ1v) is 20.0. The van der Waals surface area contributed by atoms with Gasteiger partial charge in [0.1, 0.15) is 36.3 Å². The number of hydrogen-bond donors (Lipinski definition) is 7. The van der Waals surface area contributed by atoms with Gasteiger partial charge >= 0.3 is 0 Å². The van der Waals surface area contributed by atoms with E-state index in [9.17, 15) is 38.7 Å². The molecule has 1 fully saturated rings. The molecule has 0 saturated carbocycles. The number of aliphatic hydroxyl groups excluding tert-OH is 1. The monoisotopic (exact) mass is 823 g/mol. The van der Waals surface area contributed by atoms with Gasteiger partial charge in [0.15, 0.2) is 0 Å². The van der Waals surface area contributed by atoms with Gasteiger partial charge in [0.2, 0.25) is 41.4 Å². The third kappa shape index (κ3) is 11.2. The zero-order valence-electron chi connectivity index (χ0n) is 34.3. The summed E-state index contributed by atoms with van der Waals surface area (Å²) in [6.07, 6.45) is 1.04. The van der Waals surface area contributed by atoms with Crippen molar-refractivity contribution < 1.29 is 38.7 Å². The standard InChI is InChI=1S/C43H53N9O8/c1-23(2)34(42(59)49-31(38(44)55)21-27-11-7-6-8-12-27)50-39(56)24(3)46-41(58)33-14-10-20-52(33)43(60)35(25(4)53)51-40(57)32(47-26(5)54)22-30-18-17-29-16-15-28-13-9-19-45-36(28)37(29)48-30/h6-9,11-13,15-19,23-25,31-35,53H,10,14,20-22H2,1-5H3,(H2,44,55)(H,46,58)(H,47,54)(H,49,59)(H,50,56)(H,51,57)/t24-,25-,31+,32+,33+,34+,35+/m1/s1. The minimum absolute atomic E-state index is 0.0429. The lowest BCUT2D eigenvalue weighted by molar-refractivity contribution is -0.144. The van der Waals surface area contributed by atoms with E-state index in [0.717, 1.165) is 16.3 Å². The number of nitrogens with zero attached hydrogens (tertiary/aromatic N) is 3. The Morgan fingerprint density at radius 2 is 1.42 bits per heavy atom. The molecule has 4 aromatic rings. The fraction of sp³-hybridized carbons (Fsp3) is 0.419. The van der Waals surface area contributed by atoms with Gasteiger partial charge in [-0.3, -0.25) is 43.5 Å². The molecule has 1 aliphatic heterocycles. The van der Waals surface area contributed by atoms with Crippen molar-refractivity contribution >= 4 is 63.2 Å². The number of benzene rings is 2. The molecule has 7 amide bonds. The number of rotatable bonds is 17. The van der Waals surface area contributed by atoms with Crippen LogP contribution in [0, 0.1) is 5.92 Å². The molecule has 1 saturated heterocycles. The fourth-order valence-corrected chi connectivity index (χ4v) is 7.19. The van der Waals surface area contributed by atoms with Crippen LogP contribution in [0.4, 0.5) is 0 Å². The van der Waals surface area contributed by atoms with E-state index in [0.29, 0.717) is 23.1 Å². The van der Waals surface area contributed by atoms with E-state index in [1.807, 2.05) is 36.4 Å². The molecule has 0 unspecified atom stereocenters. The van der Waals surface area contributed by atoms with Gasteiger partial charge in [-0.2, -0.15) is 0 Å². The molecule has 0 spiro atoms. The van der Waals surface area contributed by atoms with Crippen molar-refractivity contribution in [3.8, 4) is 0 Å². The van der Waals surface area contributed by atoms with Gasteiger partial charge in [-0.25, -0.2) is 0 Å². The van der Waals surface area contributed by atoms with Gasteiger partial charge < -0.3 is 42.3 Å². The highest BCUT2D eigenvalue weighted by atomic mass is 16.3. The van der Waals surface area contributed by atoms with Gasteiger partial charge in [-0.05, 0) is 50.3 Å². The molecule has 5 rings (SSSR count). The van der Waals surface area contributed by atoms with Gasteiger partial charge in [0, 0.05) is 49.0 Å². The summed E-state index contributed by atoms with van der Waals surface area (Å²) in [5.74, 6) is -5.11. The molecule has 17 heteroatoms. The number of likely N-dealkylation sites (tertiary alicyclic amines) is 1. The Bertz CT molecular complexity index is 2230. The fourth-order valence-electron chi connectivity index (χ4n) is 7.19. The van der Waals surface area contributed by atoms with Crippen LogP contribution < -0.4 is 32.3 Å². The average molecular weight is 824 g/mol. The normalized spacial score (nSPS) is 16.9. The van der Waals surface area contributed by atoms with Crippen LogP contribution in [0.2, 0.25) is 0 Å². The number of carbonyl (C=O) groups excluding carboxylic acids is 7. The summed E-state index contributed by atoms with van der Waals surface area (Å²) in [5.41, 5.74) is 8.13. The molecule has 0 radical (unpaired) electrons. The second kappa shape index (κ2) is 20.0. The molecule has 3 heterocycles. The van der Waals surface area contributed by atoms with E-state index < -0.39 is 89.6 Å². The van der Waals surface area contributed by atoms with Crippen molar-refractivity contribution in [3.05, 3.63) is 84.2 Å². The van der Waals surface area contributed by atoms with E-state index in [1.54, 1.807) is 50.4 Å². The summed E-state index contributed by atoms with van der Waals surface area (Å²) in [7, 11) is 0. The van der Waals surface area contributed by atoms with Crippen LogP contribution in [0.5, 0.6) is 0 Å². The Labute approximate surface area is 347 Å². The van der Waals surface area contributed by atoms with Crippen LogP contribution >= 0.6 is 0 Å². The molecular weight excluding hydrogens is 771 g/mol. The minimum Gasteiger partial charge on any atom is -0.391 e. The number of aromatic nitrogens is 2. The Kier molecular flexibility index (Phi) is 14.9. The highest BCUT2D eigenvalue weighted by Crippen LogP contribution is 2.23. The second-order valence-corrected chi connectivity index (χ2v) is 15.5. The van der Waals surface area contributed by atoms with E-state index >= 15 is 0 Å². The largest absolute Gasteiger partial charge is 0.391 e. The zero-order chi connectivity index (χ0) is 43.7. The van der Waals surface area contributed by atoms with Crippen LogP contribution in [0.3, 0.4) is 0 Å². The molecule has 0 bridgehead atoms. The van der Waals surface area contributed by atoms with Gasteiger partial charge in [-0.1, -0.05) is 68.4 Å². The topological polar surface area (TPSA) is 255 Å². The van der Waals surface area contributed by atoms with Gasteiger partial charge in [0.05, 0.1) is 17.1 Å². The molecule has 17 nitrogen and oxygen atoms in total. The van der Waals surface area contributed by atoms with Crippen LogP contribution in [-0.4, -0.2) is 110 Å². The van der Waals surface area contributed by atoms with Crippen LogP contribution in [0.15, 0.2) is 72.9 Å². The summed E-state index contributed by atoms with van der Waals surface area (Å²) in [5, 5.41) is 25.6. The number of aliphatic hydroxyl groups is 1. The quantitative estimate of drug-likeness (QED) is 0.0728. The predicted octanol–water partition coefficient (Wildman–Crippen LogP) is 0.545. The highest BCUT2D eigenvalue weighted by molar-refractivity contribution is 6.03. The zero-order valence-corrected chi connectivity index (χ0v) is 34.3. The van der Waals surface area contributed by atoms with Crippen molar-refractivity contribution in [2.45, 2.75) is 103 Å². The molecule has 8 N–H and O–H groups in total. The maximum atomic E-state index is 14.0. The maximum Gasteiger partial charge on any atom is 0.248 e. The van der Waals surface area contributed by atoms with E-state index in [2.05, 4.69) is 31.6 Å². The summed E-state index contributed by atoms with van der Waals surface area (Å²) >= 11 is 0. The summed E-state index contributed by atoms with van der Waals surface area (Å²) in [6.45, 7) is 7.56. The van der Waals surface area contributed by atoms with Crippen LogP contribution in [-0.2, 0) is 46.4 Å². The first kappa shape index (κ1) is 44.6. The van der Waals surface area contributed by atoms with Crippen molar-refractivity contribution in [2.24, 2.45) is 11.7 Å². The number of amides is 7. The van der Waals surface area contributed by atoms with Crippen molar-refractivity contribution in [1.82, 2.24) is 41.5 Å². The molecule has 7 atom stereocenters. The first-order valence-electron chi connectivity index (χ1n) is 20.0. The molecule has 2 aromatic heterocycles. The molecule has 60 heavy (non-hydrogen) atoms. The van der Waals surface area contributed by atoms with E-state index in [1.165, 1.54) is 25.7 Å². The SMILES string of the molecule is CC(=O)N[C@@H](Cc1ccc2ccc3cccnc3c2n1)C(=O)N[C@H](C(=O)N1CCC[C@H]1C(=O)N[C@H](C)C(=O)N[C@H](C(=O)N[C@@H](Cc1ccccc1)C(N)=O)C(C)C)[C@@H](C)O. The summed E-state index contributed by atoms with van der Waals surface area (Å²) in [6, 6.07) is 13.2. The summed E-state index contributed by atoms with van der Waals surface area (Å²) < 4.78 is 0. The van der Waals surface area contributed by atoms with Crippen LogP contribution in [0.1, 0.15) is 58.7 Å². The highest BCUT2D eigenvalue weighted by Gasteiger charge is 2.41. The number of carbonyl (C=O) groups is 7. The lowest BCUT2D eigenvalue weighted by Crippen LogP contribution is -2.61. The Morgan fingerprint density at radius 1 is 0.750 bits per heavy atom. The Hall–Kier alpha value is -6.49. The Balaban J connectivity index is 1.22. The first-order chi connectivity index (χ1) is 28.5. The van der Waals surface area contributed by atoms with Crippen LogP contribution in [0.25, 0.3) is 21.8 Å². The molecule has 1 aliphatic rings. The number of hydrogen-bond acceptors (Lipinski definition) is 10. The maximum absolute atomic E-state index is 14.0. The molecule has 2 aromatic carbocycles. The second-order valence-electron chi connectivity index (χ2n) is 15.5. The van der Waals surface area contributed by atoms with E-state index in [4.69, 9.17) is 10.7 Å². The molecule has 318 valence electrons. The number of nitrogens with two attached hydrogens (primary N) is 1. The Morgan fingerprint density at radius 3 is 2.07 bits per heavy atom. The third-order valence-electron chi connectivity index (χ3n) is 10.4. The lowest BCUT2D eigenvalue weighted by Gasteiger charge is -2.31.